The van der Waals surface area contributed by atoms with Gasteiger partial charge in [-0.3, -0.25) is 4.79 Å². The largest absolute Gasteiger partial charge is 0.503 e. The molecule has 1 N–H and O–H groups in total. The van der Waals surface area contributed by atoms with Crippen molar-refractivity contribution in [1.82, 2.24) is 4.57 Å². The molecule has 0 unspecified atom stereocenters. The molecular weight excluding hydrogens is 274 g/mol. The first-order valence-corrected chi connectivity index (χ1v) is 6.16. The normalized spacial score (nSPS) is 10.2. The first-order chi connectivity index (χ1) is 10.0. The van der Waals surface area contributed by atoms with Crippen LogP contribution in [0.15, 0.2) is 35.1 Å². The Morgan fingerprint density at radius 3 is 2.33 bits per heavy atom. The van der Waals surface area contributed by atoms with Crippen molar-refractivity contribution in [2.24, 2.45) is 7.05 Å². The molecule has 6 heteroatoms. The highest BCUT2D eigenvalue weighted by molar-refractivity contribution is 5.94. The predicted molar refractivity (Wildman–Crippen MR) is 76.7 cm³/mol. The van der Waals surface area contributed by atoms with Gasteiger partial charge in [-0.05, 0) is 0 Å². The van der Waals surface area contributed by atoms with Crippen LogP contribution in [-0.4, -0.2) is 29.9 Å². The maximum atomic E-state index is 12.4. The van der Waals surface area contributed by atoms with Crippen molar-refractivity contribution in [1.29, 1.82) is 0 Å². The monoisotopic (exact) mass is 289 g/mol. The summed E-state index contributed by atoms with van der Waals surface area (Å²) in [5.74, 6) is -1.34. The summed E-state index contributed by atoms with van der Waals surface area (Å²) in [7, 11) is 3.90. The van der Waals surface area contributed by atoms with Gasteiger partial charge in [0, 0.05) is 12.6 Å². The molecule has 0 saturated carbocycles. The fraction of sp³-hybridized carbons (Fsp3) is 0.200. The number of hydrogen-bond acceptors (Lipinski definition) is 5. The minimum Gasteiger partial charge on any atom is -0.503 e. The van der Waals surface area contributed by atoms with Crippen LogP contribution in [0.5, 0.6) is 11.5 Å². The van der Waals surface area contributed by atoms with Crippen LogP contribution in [0.2, 0.25) is 0 Å². The van der Waals surface area contributed by atoms with Gasteiger partial charge in [0.25, 0.3) is 5.56 Å². The topological polar surface area (TPSA) is 77.8 Å². The SMILES string of the molecule is COC(=O)c1c(OC)c(O)c(-c2ccccc2)n(C)c1=O. The van der Waals surface area contributed by atoms with Crippen molar-refractivity contribution in [3.8, 4) is 22.8 Å². The van der Waals surface area contributed by atoms with Gasteiger partial charge in [0.15, 0.2) is 17.1 Å². The molecule has 0 aliphatic rings. The number of pyridine rings is 1. The lowest BCUT2D eigenvalue weighted by atomic mass is 10.1. The van der Waals surface area contributed by atoms with Gasteiger partial charge >= 0.3 is 5.97 Å². The summed E-state index contributed by atoms with van der Waals surface area (Å²) in [6.45, 7) is 0. The zero-order valence-corrected chi connectivity index (χ0v) is 11.9. The Labute approximate surface area is 121 Å². The molecule has 0 amide bonds. The van der Waals surface area contributed by atoms with E-state index in [1.165, 1.54) is 18.7 Å². The lowest BCUT2D eigenvalue weighted by Crippen LogP contribution is -2.27. The first kappa shape index (κ1) is 14.6. The molecular formula is C15H15NO5. The molecule has 0 fully saturated rings. The average molecular weight is 289 g/mol. The summed E-state index contributed by atoms with van der Waals surface area (Å²) in [4.78, 5) is 24.1. The summed E-state index contributed by atoms with van der Waals surface area (Å²) < 4.78 is 10.8. The molecule has 0 saturated heterocycles. The average Bonchev–Trinajstić information content (AvgIpc) is 2.51. The highest BCUT2D eigenvalue weighted by Gasteiger charge is 2.26. The van der Waals surface area contributed by atoms with E-state index in [9.17, 15) is 14.7 Å². The number of nitrogens with zero attached hydrogens (tertiary/aromatic N) is 1. The number of carbonyl (C=O) groups excluding carboxylic acids is 1. The molecule has 2 rings (SSSR count). The molecule has 110 valence electrons. The lowest BCUT2D eigenvalue weighted by molar-refractivity contribution is 0.0593. The molecule has 0 atom stereocenters. The molecule has 1 aromatic carbocycles. The quantitative estimate of drug-likeness (QED) is 0.867. The molecule has 1 heterocycles. The lowest BCUT2D eigenvalue weighted by Gasteiger charge is -2.16. The fourth-order valence-electron chi connectivity index (χ4n) is 2.16. The Morgan fingerprint density at radius 1 is 1.19 bits per heavy atom. The van der Waals surface area contributed by atoms with Crippen molar-refractivity contribution in [2.45, 2.75) is 0 Å². The fourth-order valence-corrected chi connectivity index (χ4v) is 2.16. The molecule has 1 aromatic heterocycles. The van der Waals surface area contributed by atoms with Crippen LogP contribution in [0.4, 0.5) is 0 Å². The summed E-state index contributed by atoms with van der Waals surface area (Å²) in [6.07, 6.45) is 0. The number of methoxy groups -OCH3 is 2. The van der Waals surface area contributed by atoms with Crippen LogP contribution >= 0.6 is 0 Å². The van der Waals surface area contributed by atoms with Gasteiger partial charge in [-0.25, -0.2) is 4.79 Å². The van der Waals surface area contributed by atoms with Crippen LogP contribution in [-0.2, 0) is 11.8 Å². The van der Waals surface area contributed by atoms with Crippen molar-refractivity contribution in [2.75, 3.05) is 14.2 Å². The minimum absolute atomic E-state index is 0.191. The number of benzene rings is 1. The summed E-state index contributed by atoms with van der Waals surface area (Å²) in [6, 6.07) is 8.86. The van der Waals surface area contributed by atoms with E-state index in [1.54, 1.807) is 24.3 Å². The molecule has 0 aliphatic heterocycles. The van der Waals surface area contributed by atoms with E-state index < -0.39 is 11.5 Å². The first-order valence-electron chi connectivity index (χ1n) is 6.16. The van der Waals surface area contributed by atoms with Crippen molar-refractivity contribution in [3.63, 3.8) is 0 Å². The van der Waals surface area contributed by atoms with E-state index in [0.29, 0.717) is 5.56 Å². The molecule has 0 spiro atoms. The molecule has 2 aromatic rings. The third-order valence-electron chi connectivity index (χ3n) is 3.16. The van der Waals surface area contributed by atoms with E-state index in [-0.39, 0.29) is 22.8 Å². The molecule has 21 heavy (non-hydrogen) atoms. The Balaban J connectivity index is 2.86. The molecule has 6 nitrogen and oxygen atoms in total. The van der Waals surface area contributed by atoms with Gasteiger partial charge in [-0.15, -0.1) is 0 Å². The Bertz CT molecular complexity index is 734. The van der Waals surface area contributed by atoms with Crippen LogP contribution < -0.4 is 10.3 Å². The van der Waals surface area contributed by atoms with Gasteiger partial charge in [0.05, 0.1) is 19.9 Å². The third kappa shape index (κ3) is 2.35. The third-order valence-corrected chi connectivity index (χ3v) is 3.16. The van der Waals surface area contributed by atoms with Crippen molar-refractivity contribution >= 4 is 5.97 Å². The number of aromatic nitrogens is 1. The second-order valence-corrected chi connectivity index (χ2v) is 4.33. The highest BCUT2D eigenvalue weighted by Crippen LogP contribution is 2.37. The Hall–Kier alpha value is -2.76. The number of aromatic hydroxyl groups is 1. The smallest absolute Gasteiger partial charge is 0.347 e. The Morgan fingerprint density at radius 2 is 1.81 bits per heavy atom. The summed E-state index contributed by atoms with van der Waals surface area (Å²) in [5, 5.41) is 10.4. The van der Waals surface area contributed by atoms with Crippen molar-refractivity contribution < 1.29 is 19.4 Å². The van der Waals surface area contributed by atoms with E-state index in [2.05, 4.69) is 4.74 Å². The van der Waals surface area contributed by atoms with Crippen LogP contribution in [0.25, 0.3) is 11.3 Å². The van der Waals surface area contributed by atoms with Crippen LogP contribution in [0, 0.1) is 0 Å². The number of carbonyl (C=O) groups is 1. The van der Waals surface area contributed by atoms with Crippen LogP contribution in [0.1, 0.15) is 10.4 Å². The zero-order chi connectivity index (χ0) is 15.6. The molecule has 0 aliphatic carbocycles. The number of esters is 1. The van der Waals surface area contributed by atoms with E-state index in [4.69, 9.17) is 4.74 Å². The second-order valence-electron chi connectivity index (χ2n) is 4.33. The molecule has 0 radical (unpaired) electrons. The summed E-state index contributed by atoms with van der Waals surface area (Å²) >= 11 is 0. The van der Waals surface area contributed by atoms with E-state index in [1.807, 2.05) is 6.07 Å². The maximum absolute atomic E-state index is 12.4. The maximum Gasteiger partial charge on any atom is 0.347 e. The highest BCUT2D eigenvalue weighted by atomic mass is 16.5. The van der Waals surface area contributed by atoms with Gasteiger partial charge in [-0.1, -0.05) is 30.3 Å². The number of hydrogen-bond donors (Lipinski definition) is 1. The Kier molecular flexibility index (Phi) is 3.98. The van der Waals surface area contributed by atoms with Gasteiger partial charge < -0.3 is 19.1 Å². The predicted octanol–water partition coefficient (Wildman–Crippen LogP) is 1.55. The minimum atomic E-state index is -0.859. The number of ether oxygens (including phenoxy) is 2. The van der Waals surface area contributed by atoms with Crippen molar-refractivity contribution in [3.05, 3.63) is 46.2 Å². The summed E-state index contributed by atoms with van der Waals surface area (Å²) in [5.41, 5.74) is -0.0375. The number of rotatable bonds is 3. The molecule has 0 bridgehead atoms. The van der Waals surface area contributed by atoms with E-state index in [0.717, 1.165) is 7.11 Å². The standard InChI is InChI=1S/C15H15NO5/c1-16-11(9-7-5-4-6-8-9)12(17)13(20-2)10(14(16)18)15(19)21-3/h4-8,17H,1-3H3. The van der Waals surface area contributed by atoms with E-state index >= 15 is 0 Å². The van der Waals surface area contributed by atoms with Gasteiger partial charge in [0.1, 0.15) is 0 Å². The van der Waals surface area contributed by atoms with Gasteiger partial charge in [-0.2, -0.15) is 0 Å². The zero-order valence-electron chi connectivity index (χ0n) is 11.9. The van der Waals surface area contributed by atoms with Gasteiger partial charge in [0.2, 0.25) is 0 Å². The second kappa shape index (κ2) is 5.70. The van der Waals surface area contributed by atoms with Crippen LogP contribution in [0.3, 0.4) is 0 Å².